The number of hydrogen-bond donors (Lipinski definition) is 1. The molecular weight excluding hydrogens is 378 g/mol. The monoisotopic (exact) mass is 399 g/mol. The molecule has 0 saturated heterocycles. The zero-order valence-corrected chi connectivity index (χ0v) is 16.7. The Bertz CT molecular complexity index is 1160. The first-order valence-electron chi connectivity index (χ1n) is 9.45. The van der Waals surface area contributed by atoms with E-state index in [2.05, 4.69) is 4.99 Å². The summed E-state index contributed by atoms with van der Waals surface area (Å²) < 4.78 is 4.82. The number of ether oxygens (including phenoxy) is 1. The van der Waals surface area contributed by atoms with Crippen LogP contribution in [0.15, 0.2) is 83.9 Å². The molecule has 4 rings (SSSR count). The Kier molecular flexibility index (Phi) is 4.83. The summed E-state index contributed by atoms with van der Waals surface area (Å²) in [5.74, 6) is -0.452. The summed E-state index contributed by atoms with van der Waals surface area (Å²) in [6.07, 6.45) is 0. The standard InChI is InChI=1S/C24H21N3O3/c1-27-22(29)24(26-23(27)25,19-11-4-3-5-12-19)20-13-7-9-17(15-20)16-8-6-10-18(14-16)21(28)30-2/h3-15H,1-2H3,(H2,25,26). The summed E-state index contributed by atoms with van der Waals surface area (Å²) in [6, 6.07) is 24.1. The van der Waals surface area contributed by atoms with E-state index in [1.807, 2.05) is 60.7 Å². The molecule has 0 saturated carbocycles. The topological polar surface area (TPSA) is 85.0 Å². The van der Waals surface area contributed by atoms with E-state index in [1.165, 1.54) is 12.0 Å². The van der Waals surface area contributed by atoms with Gasteiger partial charge >= 0.3 is 5.97 Å². The van der Waals surface area contributed by atoms with Crippen LogP contribution in [-0.2, 0) is 15.1 Å². The van der Waals surface area contributed by atoms with E-state index in [1.54, 1.807) is 25.2 Å². The van der Waals surface area contributed by atoms with Crippen molar-refractivity contribution in [3.05, 3.63) is 95.6 Å². The fourth-order valence-corrected chi connectivity index (χ4v) is 3.73. The van der Waals surface area contributed by atoms with Crippen LogP contribution in [0.3, 0.4) is 0 Å². The van der Waals surface area contributed by atoms with E-state index in [0.717, 1.165) is 16.7 Å². The van der Waals surface area contributed by atoms with E-state index in [9.17, 15) is 9.59 Å². The minimum absolute atomic E-state index is 0.168. The average Bonchev–Trinajstić information content (AvgIpc) is 3.04. The van der Waals surface area contributed by atoms with Gasteiger partial charge in [0.25, 0.3) is 5.91 Å². The van der Waals surface area contributed by atoms with E-state index in [0.29, 0.717) is 11.1 Å². The van der Waals surface area contributed by atoms with Crippen LogP contribution >= 0.6 is 0 Å². The maximum Gasteiger partial charge on any atom is 0.337 e. The van der Waals surface area contributed by atoms with E-state index in [-0.39, 0.29) is 11.9 Å². The van der Waals surface area contributed by atoms with Crippen molar-refractivity contribution >= 4 is 17.8 Å². The van der Waals surface area contributed by atoms with Gasteiger partial charge in [-0.25, -0.2) is 9.79 Å². The van der Waals surface area contributed by atoms with Crippen molar-refractivity contribution in [1.82, 2.24) is 4.90 Å². The highest BCUT2D eigenvalue weighted by atomic mass is 16.5. The number of nitrogens with two attached hydrogens (primary N) is 1. The number of methoxy groups -OCH3 is 1. The van der Waals surface area contributed by atoms with Crippen molar-refractivity contribution in [3.8, 4) is 11.1 Å². The van der Waals surface area contributed by atoms with Crippen LogP contribution in [0.25, 0.3) is 11.1 Å². The van der Waals surface area contributed by atoms with Crippen LogP contribution in [0, 0.1) is 0 Å². The van der Waals surface area contributed by atoms with Gasteiger partial charge in [-0.05, 0) is 40.5 Å². The van der Waals surface area contributed by atoms with E-state index in [4.69, 9.17) is 10.5 Å². The van der Waals surface area contributed by atoms with Crippen LogP contribution < -0.4 is 5.73 Å². The lowest BCUT2D eigenvalue weighted by Gasteiger charge is -2.26. The Hall–Kier alpha value is -3.93. The zero-order valence-electron chi connectivity index (χ0n) is 16.7. The molecular formula is C24H21N3O3. The number of benzene rings is 3. The zero-order chi connectivity index (χ0) is 21.3. The van der Waals surface area contributed by atoms with Crippen LogP contribution in [0.4, 0.5) is 0 Å². The number of carbonyl (C=O) groups excluding carboxylic acids is 2. The molecule has 1 unspecified atom stereocenters. The van der Waals surface area contributed by atoms with Gasteiger partial charge < -0.3 is 10.5 Å². The second-order valence-electron chi connectivity index (χ2n) is 7.06. The van der Waals surface area contributed by atoms with Crippen LogP contribution in [-0.4, -0.2) is 36.9 Å². The summed E-state index contributed by atoms with van der Waals surface area (Å²) >= 11 is 0. The number of rotatable bonds is 4. The van der Waals surface area contributed by atoms with Gasteiger partial charge in [-0.3, -0.25) is 9.69 Å². The number of esters is 1. The van der Waals surface area contributed by atoms with Gasteiger partial charge in [0, 0.05) is 7.05 Å². The molecule has 150 valence electrons. The molecule has 0 aliphatic carbocycles. The first-order valence-corrected chi connectivity index (χ1v) is 9.45. The van der Waals surface area contributed by atoms with Crippen molar-refractivity contribution in [3.63, 3.8) is 0 Å². The van der Waals surface area contributed by atoms with Gasteiger partial charge in [0.05, 0.1) is 12.7 Å². The third kappa shape index (κ3) is 3.03. The molecule has 0 fully saturated rings. The Labute approximate surface area is 174 Å². The van der Waals surface area contributed by atoms with Gasteiger partial charge in [0.1, 0.15) is 0 Å². The Morgan fingerprint density at radius 3 is 2.20 bits per heavy atom. The minimum Gasteiger partial charge on any atom is -0.465 e. The van der Waals surface area contributed by atoms with Crippen molar-refractivity contribution < 1.29 is 14.3 Å². The quantitative estimate of drug-likeness (QED) is 0.683. The highest BCUT2D eigenvalue weighted by Gasteiger charge is 2.49. The molecule has 0 spiro atoms. The van der Waals surface area contributed by atoms with Crippen molar-refractivity contribution in [2.45, 2.75) is 5.54 Å². The van der Waals surface area contributed by atoms with Gasteiger partial charge in [-0.1, -0.05) is 60.7 Å². The molecule has 1 aliphatic heterocycles. The molecule has 0 bridgehead atoms. The normalized spacial score (nSPS) is 18.3. The van der Waals surface area contributed by atoms with E-state index < -0.39 is 11.5 Å². The largest absolute Gasteiger partial charge is 0.465 e. The number of amides is 1. The minimum atomic E-state index is -1.25. The van der Waals surface area contributed by atoms with Gasteiger partial charge in [0.15, 0.2) is 11.5 Å². The lowest BCUT2D eigenvalue weighted by atomic mass is 9.81. The Morgan fingerprint density at radius 1 is 0.933 bits per heavy atom. The molecule has 3 aromatic rings. The smallest absolute Gasteiger partial charge is 0.337 e. The van der Waals surface area contributed by atoms with Crippen molar-refractivity contribution in [2.75, 3.05) is 14.2 Å². The highest BCUT2D eigenvalue weighted by molar-refractivity contribution is 6.09. The van der Waals surface area contributed by atoms with Crippen LogP contribution in [0.5, 0.6) is 0 Å². The maximum absolute atomic E-state index is 13.3. The van der Waals surface area contributed by atoms with Gasteiger partial charge in [0.2, 0.25) is 0 Å². The predicted octanol–water partition coefficient (Wildman–Crippen LogP) is 3.17. The third-order valence-corrected chi connectivity index (χ3v) is 5.33. The van der Waals surface area contributed by atoms with E-state index >= 15 is 0 Å². The maximum atomic E-state index is 13.3. The summed E-state index contributed by atoms with van der Waals surface area (Å²) in [7, 11) is 2.97. The summed E-state index contributed by atoms with van der Waals surface area (Å²) in [6.45, 7) is 0. The lowest BCUT2D eigenvalue weighted by molar-refractivity contribution is -0.129. The second-order valence-corrected chi connectivity index (χ2v) is 7.06. The van der Waals surface area contributed by atoms with Gasteiger partial charge in [-0.15, -0.1) is 0 Å². The molecule has 3 aromatic carbocycles. The first-order chi connectivity index (χ1) is 14.5. The SMILES string of the molecule is COC(=O)c1cccc(-c2cccc(C3(c4ccccc4)N=C(N)N(C)C3=O)c2)c1. The third-order valence-electron chi connectivity index (χ3n) is 5.33. The average molecular weight is 399 g/mol. The van der Waals surface area contributed by atoms with Crippen LogP contribution in [0.2, 0.25) is 0 Å². The highest BCUT2D eigenvalue weighted by Crippen LogP contribution is 2.40. The molecule has 1 atom stereocenters. The molecule has 1 aliphatic rings. The lowest BCUT2D eigenvalue weighted by Crippen LogP contribution is -2.41. The Morgan fingerprint density at radius 2 is 1.57 bits per heavy atom. The second kappa shape index (κ2) is 7.48. The molecule has 6 heteroatoms. The summed E-state index contributed by atoms with van der Waals surface area (Å²) in [4.78, 5) is 31.2. The fourth-order valence-electron chi connectivity index (χ4n) is 3.73. The molecule has 6 nitrogen and oxygen atoms in total. The molecule has 2 N–H and O–H groups in total. The Balaban J connectivity index is 1.88. The first kappa shape index (κ1) is 19.4. The summed E-state index contributed by atoms with van der Waals surface area (Å²) in [5, 5.41) is 0. The number of likely N-dealkylation sites (N-methyl/N-ethyl adjacent to an activating group) is 1. The van der Waals surface area contributed by atoms with Crippen molar-refractivity contribution in [2.24, 2.45) is 10.7 Å². The number of hydrogen-bond acceptors (Lipinski definition) is 5. The predicted molar refractivity (Wildman–Crippen MR) is 115 cm³/mol. The molecule has 1 amide bonds. The number of aliphatic imine (C=N–C) groups is 1. The molecule has 0 aromatic heterocycles. The summed E-state index contributed by atoms with van der Waals surface area (Å²) in [5.41, 5.74) is 8.37. The number of guanidine groups is 1. The number of carbonyl (C=O) groups is 2. The number of nitrogens with zero attached hydrogens (tertiary/aromatic N) is 2. The molecule has 30 heavy (non-hydrogen) atoms. The molecule has 0 radical (unpaired) electrons. The van der Waals surface area contributed by atoms with Crippen molar-refractivity contribution in [1.29, 1.82) is 0 Å². The van der Waals surface area contributed by atoms with Crippen LogP contribution in [0.1, 0.15) is 21.5 Å². The fraction of sp³-hybridized carbons (Fsp3) is 0.125. The molecule has 1 heterocycles. The van der Waals surface area contributed by atoms with Gasteiger partial charge in [-0.2, -0.15) is 0 Å².